The molecule has 2 fully saturated rings. The van der Waals surface area contributed by atoms with E-state index < -0.39 is 0 Å². The number of rotatable bonds is 7. The molecule has 2 heterocycles. The van der Waals surface area contributed by atoms with E-state index in [0.717, 1.165) is 71.6 Å². The Morgan fingerprint density at radius 3 is 2.67 bits per heavy atom. The molecule has 0 aliphatic carbocycles. The molecule has 2 saturated heterocycles. The Bertz CT molecular complexity index is 300. The molecule has 6 heteroatoms. The summed E-state index contributed by atoms with van der Waals surface area (Å²) < 4.78 is 5.64. The second-order valence-corrected chi connectivity index (χ2v) is 6.11. The van der Waals surface area contributed by atoms with Crippen LogP contribution < -0.4 is 10.6 Å². The van der Waals surface area contributed by atoms with Gasteiger partial charge in [0.25, 0.3) is 0 Å². The molecule has 0 aromatic rings. The number of carbonyl (C=O) groups is 1. The van der Waals surface area contributed by atoms with E-state index in [9.17, 15) is 4.79 Å². The van der Waals surface area contributed by atoms with Gasteiger partial charge in [0.05, 0.1) is 6.10 Å². The van der Waals surface area contributed by atoms with Crippen molar-refractivity contribution in [2.75, 3.05) is 66.0 Å². The first-order chi connectivity index (χ1) is 10.2. The van der Waals surface area contributed by atoms with E-state index in [0.29, 0.717) is 0 Å². The number of carbonyl (C=O) groups excluding carboxylic acids is 1. The Morgan fingerprint density at radius 2 is 1.95 bits per heavy atom. The van der Waals surface area contributed by atoms with Crippen molar-refractivity contribution in [3.8, 4) is 0 Å². The van der Waals surface area contributed by atoms with Crippen molar-refractivity contribution in [3.05, 3.63) is 0 Å². The zero-order valence-electron chi connectivity index (χ0n) is 13.3. The first kappa shape index (κ1) is 16.7. The molecular weight excluding hydrogens is 268 g/mol. The smallest absolute Gasteiger partial charge is 0.246 e. The number of nitrogens with one attached hydrogen (secondary N) is 2. The van der Waals surface area contributed by atoms with Gasteiger partial charge >= 0.3 is 0 Å². The largest absolute Gasteiger partial charge is 0.368 e. The molecule has 2 rings (SSSR count). The van der Waals surface area contributed by atoms with Gasteiger partial charge in [-0.15, -0.1) is 0 Å². The summed E-state index contributed by atoms with van der Waals surface area (Å²) in [7, 11) is 2.17. The van der Waals surface area contributed by atoms with Gasteiger partial charge in [-0.3, -0.25) is 4.79 Å². The predicted molar refractivity (Wildman–Crippen MR) is 83.4 cm³/mol. The Hall–Kier alpha value is -0.690. The maximum absolute atomic E-state index is 11.7. The molecule has 0 spiro atoms. The molecule has 0 unspecified atom stereocenters. The third-order valence-electron chi connectivity index (χ3n) is 4.31. The topological polar surface area (TPSA) is 56.8 Å². The van der Waals surface area contributed by atoms with E-state index >= 15 is 0 Å². The standard InChI is InChI=1S/C15H30N4O2/c1-18-9-11-19(12-10-18)8-2-5-17-15(20)13-21-14-3-6-16-7-4-14/h14,16H,2-13H2,1H3,(H,17,20). The van der Waals surface area contributed by atoms with Crippen LogP contribution >= 0.6 is 0 Å². The van der Waals surface area contributed by atoms with Crippen molar-refractivity contribution in [1.82, 2.24) is 20.4 Å². The minimum Gasteiger partial charge on any atom is -0.368 e. The molecule has 2 aliphatic rings. The number of piperazine rings is 1. The van der Waals surface area contributed by atoms with Crippen LogP contribution in [0.25, 0.3) is 0 Å². The van der Waals surface area contributed by atoms with Crippen LogP contribution in [0.1, 0.15) is 19.3 Å². The average Bonchev–Trinajstić information content (AvgIpc) is 2.52. The van der Waals surface area contributed by atoms with Crippen LogP contribution in [0.2, 0.25) is 0 Å². The lowest BCUT2D eigenvalue weighted by Gasteiger charge is -2.32. The maximum atomic E-state index is 11.7. The van der Waals surface area contributed by atoms with Crippen LogP contribution in [0, 0.1) is 0 Å². The molecule has 0 saturated carbocycles. The molecular formula is C15H30N4O2. The number of ether oxygens (including phenoxy) is 1. The van der Waals surface area contributed by atoms with Crippen molar-refractivity contribution < 1.29 is 9.53 Å². The summed E-state index contributed by atoms with van der Waals surface area (Å²) in [6.45, 7) is 8.61. The molecule has 1 amide bonds. The van der Waals surface area contributed by atoms with Crippen molar-refractivity contribution in [1.29, 1.82) is 0 Å². The highest BCUT2D eigenvalue weighted by molar-refractivity contribution is 5.77. The SMILES string of the molecule is CN1CCN(CCCNC(=O)COC2CCNCC2)CC1. The maximum Gasteiger partial charge on any atom is 0.246 e. The molecule has 21 heavy (non-hydrogen) atoms. The van der Waals surface area contributed by atoms with Crippen LogP contribution in [0.15, 0.2) is 0 Å². The quantitative estimate of drug-likeness (QED) is 0.621. The summed E-state index contributed by atoms with van der Waals surface area (Å²) in [5.41, 5.74) is 0. The molecule has 0 aromatic carbocycles. The number of piperidine rings is 1. The molecule has 0 radical (unpaired) electrons. The van der Waals surface area contributed by atoms with Gasteiger partial charge < -0.3 is 25.2 Å². The fourth-order valence-electron chi connectivity index (χ4n) is 2.81. The molecule has 0 bridgehead atoms. The Labute approximate surface area is 128 Å². The average molecular weight is 298 g/mol. The summed E-state index contributed by atoms with van der Waals surface area (Å²) >= 11 is 0. The van der Waals surface area contributed by atoms with E-state index in [1.807, 2.05) is 0 Å². The minimum absolute atomic E-state index is 0.0203. The first-order valence-corrected chi connectivity index (χ1v) is 8.24. The highest BCUT2D eigenvalue weighted by Gasteiger charge is 2.15. The number of likely N-dealkylation sites (N-methyl/N-ethyl adjacent to an activating group) is 1. The Kier molecular flexibility index (Phi) is 7.43. The van der Waals surface area contributed by atoms with Crippen LogP contribution in [0.5, 0.6) is 0 Å². The molecule has 2 aliphatic heterocycles. The van der Waals surface area contributed by atoms with Crippen LogP contribution in [0.4, 0.5) is 0 Å². The van der Waals surface area contributed by atoms with Gasteiger partial charge in [-0.1, -0.05) is 0 Å². The molecule has 0 aromatic heterocycles. The highest BCUT2D eigenvalue weighted by Crippen LogP contribution is 2.06. The lowest BCUT2D eigenvalue weighted by molar-refractivity contribution is -0.128. The van der Waals surface area contributed by atoms with Crippen LogP contribution in [-0.4, -0.2) is 87.8 Å². The van der Waals surface area contributed by atoms with Gasteiger partial charge in [-0.25, -0.2) is 0 Å². The Morgan fingerprint density at radius 1 is 1.24 bits per heavy atom. The second-order valence-electron chi connectivity index (χ2n) is 6.11. The number of hydrogen-bond acceptors (Lipinski definition) is 5. The third kappa shape index (κ3) is 6.74. The number of amides is 1. The first-order valence-electron chi connectivity index (χ1n) is 8.24. The minimum atomic E-state index is 0.0203. The normalized spacial score (nSPS) is 22.3. The van der Waals surface area contributed by atoms with Gasteiger partial charge in [0.1, 0.15) is 6.61 Å². The summed E-state index contributed by atoms with van der Waals surface area (Å²) in [5.74, 6) is 0.0203. The zero-order valence-corrected chi connectivity index (χ0v) is 13.3. The lowest BCUT2D eigenvalue weighted by atomic mass is 10.1. The van der Waals surface area contributed by atoms with Crippen LogP contribution in [-0.2, 0) is 9.53 Å². The zero-order chi connectivity index (χ0) is 14.9. The van der Waals surface area contributed by atoms with Crippen molar-refractivity contribution in [3.63, 3.8) is 0 Å². The molecule has 122 valence electrons. The molecule has 2 N–H and O–H groups in total. The fourth-order valence-corrected chi connectivity index (χ4v) is 2.81. The van der Waals surface area contributed by atoms with Crippen molar-refractivity contribution in [2.24, 2.45) is 0 Å². The van der Waals surface area contributed by atoms with Gasteiger partial charge in [-0.05, 0) is 45.9 Å². The summed E-state index contributed by atoms with van der Waals surface area (Å²) in [5, 5.41) is 6.24. The van der Waals surface area contributed by atoms with Gasteiger partial charge in [0, 0.05) is 32.7 Å². The van der Waals surface area contributed by atoms with Gasteiger partial charge in [-0.2, -0.15) is 0 Å². The molecule has 0 atom stereocenters. The summed E-state index contributed by atoms with van der Waals surface area (Å²) in [6.07, 6.45) is 3.29. The number of nitrogens with zero attached hydrogens (tertiary/aromatic N) is 2. The molecule has 6 nitrogen and oxygen atoms in total. The second kappa shape index (κ2) is 9.35. The van der Waals surface area contributed by atoms with Crippen molar-refractivity contribution in [2.45, 2.75) is 25.4 Å². The van der Waals surface area contributed by atoms with Gasteiger partial charge in [0.2, 0.25) is 5.91 Å². The monoisotopic (exact) mass is 298 g/mol. The van der Waals surface area contributed by atoms with Gasteiger partial charge in [0.15, 0.2) is 0 Å². The van der Waals surface area contributed by atoms with E-state index in [1.54, 1.807) is 0 Å². The van der Waals surface area contributed by atoms with E-state index in [-0.39, 0.29) is 18.6 Å². The van der Waals surface area contributed by atoms with E-state index in [4.69, 9.17) is 4.74 Å². The highest BCUT2D eigenvalue weighted by atomic mass is 16.5. The fraction of sp³-hybridized carbons (Fsp3) is 0.933. The lowest BCUT2D eigenvalue weighted by Crippen LogP contribution is -2.45. The van der Waals surface area contributed by atoms with Crippen molar-refractivity contribution >= 4 is 5.91 Å². The third-order valence-corrected chi connectivity index (χ3v) is 4.31. The Balaban J connectivity index is 1.45. The number of hydrogen-bond donors (Lipinski definition) is 2. The summed E-state index contributed by atoms with van der Waals surface area (Å²) in [6, 6.07) is 0. The predicted octanol–water partition coefficient (Wildman–Crippen LogP) is -0.491. The van der Waals surface area contributed by atoms with E-state index in [2.05, 4.69) is 27.5 Å². The van der Waals surface area contributed by atoms with E-state index in [1.165, 1.54) is 0 Å². The summed E-state index contributed by atoms with van der Waals surface area (Å²) in [4.78, 5) is 16.5. The van der Waals surface area contributed by atoms with Crippen LogP contribution in [0.3, 0.4) is 0 Å².